The first kappa shape index (κ1) is 13.0. The lowest BCUT2D eigenvalue weighted by Gasteiger charge is -2.12. The minimum atomic E-state index is 0.892. The minimum absolute atomic E-state index is 0.892. The Balaban J connectivity index is 2.27. The van der Waals surface area contributed by atoms with Gasteiger partial charge in [-0.3, -0.25) is 0 Å². The molecule has 0 fully saturated rings. The van der Waals surface area contributed by atoms with Crippen LogP contribution in [0, 0.1) is 3.57 Å². The molecule has 0 spiro atoms. The monoisotopic (exact) mass is 381 g/mol. The van der Waals surface area contributed by atoms with Crippen molar-refractivity contribution in [1.29, 1.82) is 0 Å². The Morgan fingerprint density at radius 3 is 2.29 bits per heavy atom. The molecule has 0 unspecified atom stereocenters. The quantitative estimate of drug-likeness (QED) is 0.214. The number of fused-ring (bicyclic) bond motifs is 5. The van der Waals surface area contributed by atoms with E-state index in [4.69, 9.17) is 5.73 Å². The SMILES string of the molecule is Bc1c(N)c(I)cc2c1ccc1c3ccccc3ccc21. The molecule has 0 aliphatic rings. The molecule has 0 atom stereocenters. The van der Waals surface area contributed by atoms with Crippen molar-refractivity contribution >= 4 is 73.9 Å². The second-order valence-electron chi connectivity index (χ2n) is 5.44. The third-order valence-electron chi connectivity index (χ3n) is 4.30. The fourth-order valence-corrected chi connectivity index (χ4v) is 3.84. The van der Waals surface area contributed by atoms with Crippen LogP contribution in [-0.2, 0) is 0 Å². The number of hydrogen-bond donors (Lipinski definition) is 1. The number of nitrogens with two attached hydrogens (primary N) is 1. The maximum absolute atomic E-state index is 6.18. The predicted octanol–water partition coefficient (Wildman–Crippen LogP) is 3.59. The molecular weight excluding hydrogens is 368 g/mol. The fraction of sp³-hybridized carbons (Fsp3) is 0. The topological polar surface area (TPSA) is 26.0 Å². The van der Waals surface area contributed by atoms with Crippen molar-refractivity contribution in [1.82, 2.24) is 0 Å². The summed E-state index contributed by atoms with van der Waals surface area (Å²) in [5, 5.41) is 7.73. The van der Waals surface area contributed by atoms with E-state index in [0.717, 1.165) is 9.26 Å². The molecule has 1 nitrogen and oxygen atoms in total. The molecule has 0 radical (unpaired) electrons. The Morgan fingerprint density at radius 1 is 0.762 bits per heavy atom. The van der Waals surface area contributed by atoms with Gasteiger partial charge in [0.05, 0.1) is 0 Å². The lowest BCUT2D eigenvalue weighted by Crippen LogP contribution is -2.12. The summed E-state index contributed by atoms with van der Waals surface area (Å²) in [4.78, 5) is 0. The second kappa shape index (κ2) is 4.63. The van der Waals surface area contributed by atoms with E-state index in [-0.39, 0.29) is 0 Å². The Kier molecular flexibility index (Phi) is 2.86. The smallest absolute Gasteiger partial charge is 0.142 e. The van der Waals surface area contributed by atoms with Crippen molar-refractivity contribution in [3.63, 3.8) is 0 Å². The molecule has 0 amide bonds. The van der Waals surface area contributed by atoms with E-state index < -0.39 is 0 Å². The van der Waals surface area contributed by atoms with Gasteiger partial charge >= 0.3 is 0 Å². The third-order valence-corrected chi connectivity index (χ3v) is 5.20. The Morgan fingerprint density at radius 2 is 1.43 bits per heavy atom. The van der Waals surface area contributed by atoms with E-state index >= 15 is 0 Å². The molecule has 2 N–H and O–H groups in total. The first-order chi connectivity index (χ1) is 10.2. The van der Waals surface area contributed by atoms with Gasteiger partial charge in [-0.15, -0.1) is 0 Å². The highest BCUT2D eigenvalue weighted by atomic mass is 127. The molecule has 4 aromatic rings. The standard InChI is InChI=1S/C18H13BIN/c19-17-14-8-7-12-11-4-2-1-3-10(11)5-6-13(12)15(14)9-16(20)18(17)21/h1-9H,19,21H2. The van der Waals surface area contributed by atoms with Gasteiger partial charge in [-0.05, 0) is 61.0 Å². The van der Waals surface area contributed by atoms with E-state index in [1.807, 2.05) is 0 Å². The molecule has 3 heteroatoms. The Labute approximate surface area is 137 Å². The molecule has 100 valence electrons. The Hall–Kier alpha value is -1.75. The summed E-state index contributed by atoms with van der Waals surface area (Å²) in [5.74, 6) is 0. The molecule has 0 heterocycles. The van der Waals surface area contributed by atoms with Crippen LogP contribution in [0.5, 0.6) is 0 Å². The van der Waals surface area contributed by atoms with E-state index in [9.17, 15) is 0 Å². The molecule has 0 aromatic heterocycles. The van der Waals surface area contributed by atoms with Crippen LogP contribution in [0.25, 0.3) is 32.3 Å². The van der Waals surface area contributed by atoms with Crippen LogP contribution in [0.2, 0.25) is 0 Å². The average molecular weight is 381 g/mol. The fourth-order valence-electron chi connectivity index (χ4n) is 3.12. The van der Waals surface area contributed by atoms with Gasteiger partial charge in [0.1, 0.15) is 7.85 Å². The van der Waals surface area contributed by atoms with Gasteiger partial charge in [0.2, 0.25) is 0 Å². The number of anilines is 1. The van der Waals surface area contributed by atoms with Crippen molar-refractivity contribution in [3.05, 3.63) is 58.2 Å². The lowest BCUT2D eigenvalue weighted by atomic mass is 9.86. The van der Waals surface area contributed by atoms with Gasteiger partial charge in [-0.2, -0.15) is 0 Å². The molecule has 0 aliphatic heterocycles. The summed E-state index contributed by atoms with van der Waals surface area (Å²) >= 11 is 2.32. The zero-order valence-corrected chi connectivity index (χ0v) is 13.8. The molecule has 4 aromatic carbocycles. The first-order valence-corrected chi connectivity index (χ1v) is 8.03. The van der Waals surface area contributed by atoms with Crippen molar-refractivity contribution in [2.45, 2.75) is 0 Å². The zero-order chi connectivity index (χ0) is 14.6. The summed E-state index contributed by atoms with van der Waals surface area (Å²) in [6, 6.07) is 19.6. The third kappa shape index (κ3) is 1.84. The van der Waals surface area contributed by atoms with Crippen LogP contribution >= 0.6 is 22.6 Å². The number of nitrogen functional groups attached to an aromatic ring is 1. The number of rotatable bonds is 0. The summed E-state index contributed by atoms with van der Waals surface area (Å²) in [7, 11) is 2.10. The van der Waals surface area contributed by atoms with Gasteiger partial charge in [0.15, 0.2) is 0 Å². The van der Waals surface area contributed by atoms with Gasteiger partial charge < -0.3 is 5.73 Å². The van der Waals surface area contributed by atoms with Crippen LogP contribution in [0.1, 0.15) is 0 Å². The van der Waals surface area contributed by atoms with E-state index in [1.54, 1.807) is 0 Å². The average Bonchev–Trinajstić information content (AvgIpc) is 2.52. The van der Waals surface area contributed by atoms with Gasteiger partial charge in [-0.1, -0.05) is 54.0 Å². The molecule has 4 rings (SSSR count). The number of benzene rings is 4. The largest absolute Gasteiger partial charge is 0.398 e. The second-order valence-corrected chi connectivity index (χ2v) is 6.60. The molecule has 0 aliphatic carbocycles. The predicted molar refractivity (Wildman–Crippen MR) is 104 cm³/mol. The van der Waals surface area contributed by atoms with Gasteiger partial charge in [0.25, 0.3) is 0 Å². The van der Waals surface area contributed by atoms with Crippen LogP contribution in [0.4, 0.5) is 5.69 Å². The molecule has 0 saturated heterocycles. The van der Waals surface area contributed by atoms with Gasteiger partial charge in [-0.25, -0.2) is 0 Å². The van der Waals surface area contributed by atoms with E-state index in [2.05, 4.69) is 85.0 Å². The van der Waals surface area contributed by atoms with Crippen molar-refractivity contribution in [3.8, 4) is 0 Å². The highest BCUT2D eigenvalue weighted by molar-refractivity contribution is 14.1. The van der Waals surface area contributed by atoms with Crippen LogP contribution in [0.15, 0.2) is 54.6 Å². The lowest BCUT2D eigenvalue weighted by molar-refractivity contribution is 1.73. The normalized spacial score (nSPS) is 11.5. The summed E-state index contributed by atoms with van der Waals surface area (Å²) < 4.78 is 1.12. The summed E-state index contributed by atoms with van der Waals surface area (Å²) in [5.41, 5.74) is 8.24. The number of halogens is 1. The Bertz CT molecular complexity index is 1020. The maximum Gasteiger partial charge on any atom is 0.142 e. The van der Waals surface area contributed by atoms with Gasteiger partial charge in [0, 0.05) is 9.26 Å². The van der Waals surface area contributed by atoms with Crippen LogP contribution < -0.4 is 11.2 Å². The first-order valence-electron chi connectivity index (χ1n) is 6.95. The highest BCUT2D eigenvalue weighted by Gasteiger charge is 2.09. The number of hydrogen-bond acceptors (Lipinski definition) is 1. The summed E-state index contributed by atoms with van der Waals surface area (Å²) in [6.07, 6.45) is 0. The molecule has 0 bridgehead atoms. The maximum atomic E-state index is 6.18. The van der Waals surface area contributed by atoms with Crippen LogP contribution in [-0.4, -0.2) is 7.85 Å². The zero-order valence-electron chi connectivity index (χ0n) is 11.7. The molecular formula is C18H13BIN. The van der Waals surface area contributed by atoms with Crippen LogP contribution in [0.3, 0.4) is 0 Å². The van der Waals surface area contributed by atoms with Crippen molar-refractivity contribution in [2.75, 3.05) is 5.73 Å². The molecule has 21 heavy (non-hydrogen) atoms. The van der Waals surface area contributed by atoms with Crippen molar-refractivity contribution in [2.24, 2.45) is 0 Å². The van der Waals surface area contributed by atoms with E-state index in [0.29, 0.717) is 0 Å². The van der Waals surface area contributed by atoms with E-state index in [1.165, 1.54) is 37.8 Å². The minimum Gasteiger partial charge on any atom is -0.398 e. The van der Waals surface area contributed by atoms with Crippen molar-refractivity contribution < 1.29 is 0 Å². The molecule has 0 saturated carbocycles. The summed E-state index contributed by atoms with van der Waals surface area (Å²) in [6.45, 7) is 0. The highest BCUT2D eigenvalue weighted by Crippen LogP contribution is 2.32.